The van der Waals surface area contributed by atoms with Gasteiger partial charge >= 0.3 is 0 Å². The molecule has 2 heterocycles. The van der Waals surface area contributed by atoms with Gasteiger partial charge in [0.15, 0.2) is 0 Å². The van der Waals surface area contributed by atoms with Crippen LogP contribution in [0.25, 0.3) is 11.4 Å². The fourth-order valence-corrected chi connectivity index (χ4v) is 4.14. The van der Waals surface area contributed by atoms with Crippen LogP contribution in [0.2, 0.25) is 0 Å². The summed E-state index contributed by atoms with van der Waals surface area (Å²) in [5.41, 5.74) is 2.71. The average Bonchev–Trinajstić information content (AvgIpc) is 3.57. The zero-order valence-electron chi connectivity index (χ0n) is 18.4. The summed E-state index contributed by atoms with van der Waals surface area (Å²) < 4.78 is 18.6. The van der Waals surface area contributed by atoms with Gasteiger partial charge in [-0.2, -0.15) is 4.98 Å². The number of carbonyl (C=O) groups is 2. The standard InChI is InChI=1S/C25H25FN4O3/c1-15-14-20(26)8-9-21(15)27-23(31)17-10-12-30(13-11-17)25(32)19-6-2-16(3-7-19)22-28-24(33-29-22)18-4-5-18/h2-3,6-9,14,17-18H,4-5,10-13H2,1H3,(H,27,31). The second kappa shape index (κ2) is 8.77. The lowest BCUT2D eigenvalue weighted by Gasteiger charge is -2.31. The molecule has 1 aliphatic carbocycles. The second-order valence-corrected chi connectivity index (χ2v) is 8.82. The number of anilines is 1. The van der Waals surface area contributed by atoms with E-state index in [0.29, 0.717) is 60.4 Å². The molecule has 1 aromatic heterocycles. The Balaban J connectivity index is 1.16. The van der Waals surface area contributed by atoms with Gasteiger partial charge in [-0.3, -0.25) is 9.59 Å². The summed E-state index contributed by atoms with van der Waals surface area (Å²) in [6.07, 6.45) is 3.37. The topological polar surface area (TPSA) is 88.3 Å². The summed E-state index contributed by atoms with van der Waals surface area (Å²) in [5, 5.41) is 6.93. The molecule has 33 heavy (non-hydrogen) atoms. The predicted octanol–water partition coefficient (Wildman–Crippen LogP) is 4.55. The van der Waals surface area contributed by atoms with Crippen molar-refractivity contribution < 1.29 is 18.5 Å². The molecule has 8 heteroatoms. The Hall–Kier alpha value is -3.55. The van der Waals surface area contributed by atoms with Crippen LogP contribution >= 0.6 is 0 Å². The first-order chi connectivity index (χ1) is 16.0. The van der Waals surface area contributed by atoms with E-state index in [0.717, 1.165) is 18.4 Å². The van der Waals surface area contributed by atoms with Gasteiger partial charge in [0.05, 0.1) is 0 Å². The van der Waals surface area contributed by atoms with E-state index in [9.17, 15) is 14.0 Å². The molecule has 5 rings (SSSR count). The van der Waals surface area contributed by atoms with E-state index in [4.69, 9.17) is 4.52 Å². The zero-order valence-corrected chi connectivity index (χ0v) is 18.4. The molecule has 1 saturated carbocycles. The predicted molar refractivity (Wildman–Crippen MR) is 120 cm³/mol. The number of aromatic nitrogens is 2. The van der Waals surface area contributed by atoms with Crippen molar-refractivity contribution in [2.45, 2.75) is 38.5 Å². The SMILES string of the molecule is Cc1cc(F)ccc1NC(=O)C1CCN(C(=O)c2ccc(-c3noc(C4CC4)n3)cc2)CC1. The largest absolute Gasteiger partial charge is 0.339 e. The number of hydrogen-bond donors (Lipinski definition) is 1. The Kier molecular flexibility index (Phi) is 5.66. The number of aryl methyl sites for hydroxylation is 1. The van der Waals surface area contributed by atoms with Crippen LogP contribution in [0.4, 0.5) is 10.1 Å². The van der Waals surface area contributed by atoms with Gasteiger partial charge in [-0.1, -0.05) is 17.3 Å². The molecule has 2 aromatic carbocycles. The summed E-state index contributed by atoms with van der Waals surface area (Å²) in [4.78, 5) is 31.8. The quantitative estimate of drug-likeness (QED) is 0.619. The van der Waals surface area contributed by atoms with Gasteiger partial charge in [0.2, 0.25) is 17.6 Å². The molecule has 170 valence electrons. The number of benzene rings is 2. The van der Waals surface area contributed by atoms with Crippen LogP contribution in [0.15, 0.2) is 47.0 Å². The van der Waals surface area contributed by atoms with Crippen LogP contribution in [0.1, 0.15) is 53.4 Å². The summed E-state index contributed by atoms with van der Waals surface area (Å²) in [7, 11) is 0. The van der Waals surface area contributed by atoms with Crippen molar-refractivity contribution in [3.8, 4) is 11.4 Å². The fraction of sp³-hybridized carbons (Fsp3) is 0.360. The van der Waals surface area contributed by atoms with Crippen molar-refractivity contribution in [1.82, 2.24) is 15.0 Å². The van der Waals surface area contributed by atoms with E-state index >= 15 is 0 Å². The zero-order chi connectivity index (χ0) is 22.9. The van der Waals surface area contributed by atoms with Gasteiger partial charge < -0.3 is 14.7 Å². The average molecular weight is 448 g/mol. The third-order valence-corrected chi connectivity index (χ3v) is 6.36. The molecule has 0 bridgehead atoms. The van der Waals surface area contributed by atoms with Crippen LogP contribution < -0.4 is 5.32 Å². The fourth-order valence-electron chi connectivity index (χ4n) is 4.14. The van der Waals surface area contributed by atoms with Crippen LogP contribution in [-0.4, -0.2) is 39.9 Å². The van der Waals surface area contributed by atoms with Crippen LogP contribution in [-0.2, 0) is 4.79 Å². The van der Waals surface area contributed by atoms with E-state index in [-0.39, 0.29) is 23.5 Å². The van der Waals surface area contributed by atoms with Crippen molar-refractivity contribution in [3.05, 3.63) is 65.3 Å². The van der Waals surface area contributed by atoms with E-state index < -0.39 is 0 Å². The minimum Gasteiger partial charge on any atom is -0.339 e. The number of hydrogen-bond acceptors (Lipinski definition) is 5. The molecule has 3 aromatic rings. The van der Waals surface area contributed by atoms with Gasteiger partial charge in [0.1, 0.15) is 5.82 Å². The van der Waals surface area contributed by atoms with Crippen molar-refractivity contribution >= 4 is 17.5 Å². The highest BCUT2D eigenvalue weighted by molar-refractivity contribution is 5.96. The number of amides is 2. The molecular formula is C25H25FN4O3. The van der Waals surface area contributed by atoms with E-state index in [1.54, 1.807) is 30.0 Å². The lowest BCUT2D eigenvalue weighted by atomic mass is 9.95. The van der Waals surface area contributed by atoms with Gasteiger partial charge in [-0.15, -0.1) is 0 Å². The molecule has 0 unspecified atom stereocenters. The molecule has 0 radical (unpaired) electrons. The van der Waals surface area contributed by atoms with Gasteiger partial charge in [0.25, 0.3) is 5.91 Å². The van der Waals surface area contributed by atoms with Gasteiger partial charge in [-0.25, -0.2) is 4.39 Å². The molecule has 1 aliphatic heterocycles. The number of halogens is 1. The third kappa shape index (κ3) is 4.65. The monoisotopic (exact) mass is 448 g/mol. The first kappa shape index (κ1) is 21.3. The number of likely N-dealkylation sites (tertiary alicyclic amines) is 1. The Morgan fingerprint density at radius 3 is 2.45 bits per heavy atom. The van der Waals surface area contributed by atoms with Crippen molar-refractivity contribution in [2.75, 3.05) is 18.4 Å². The number of piperidine rings is 1. The normalized spacial score (nSPS) is 16.6. The highest BCUT2D eigenvalue weighted by Crippen LogP contribution is 2.39. The van der Waals surface area contributed by atoms with Gasteiger partial charge in [-0.05, 0) is 68.5 Å². The summed E-state index contributed by atoms with van der Waals surface area (Å²) >= 11 is 0. The lowest BCUT2D eigenvalue weighted by molar-refractivity contribution is -0.121. The number of carbonyl (C=O) groups excluding carboxylic acids is 2. The van der Waals surface area contributed by atoms with Crippen LogP contribution in [0.3, 0.4) is 0 Å². The van der Waals surface area contributed by atoms with E-state index in [1.807, 2.05) is 12.1 Å². The molecular weight excluding hydrogens is 423 g/mol. The summed E-state index contributed by atoms with van der Waals surface area (Å²) in [5.74, 6) is 0.974. The number of nitrogens with one attached hydrogen (secondary N) is 1. The smallest absolute Gasteiger partial charge is 0.253 e. The molecule has 1 saturated heterocycles. The molecule has 0 atom stereocenters. The second-order valence-electron chi connectivity index (χ2n) is 8.82. The first-order valence-corrected chi connectivity index (χ1v) is 11.3. The maximum absolute atomic E-state index is 13.3. The Bertz CT molecular complexity index is 1180. The molecule has 2 aliphatic rings. The van der Waals surface area contributed by atoms with E-state index in [1.165, 1.54) is 12.1 Å². The van der Waals surface area contributed by atoms with Crippen LogP contribution in [0.5, 0.6) is 0 Å². The maximum Gasteiger partial charge on any atom is 0.253 e. The highest BCUT2D eigenvalue weighted by Gasteiger charge is 2.30. The van der Waals surface area contributed by atoms with Crippen molar-refractivity contribution in [3.63, 3.8) is 0 Å². The van der Waals surface area contributed by atoms with Crippen molar-refractivity contribution in [1.29, 1.82) is 0 Å². The first-order valence-electron chi connectivity index (χ1n) is 11.3. The van der Waals surface area contributed by atoms with Gasteiger partial charge in [0, 0.05) is 41.7 Å². The molecule has 1 N–H and O–H groups in total. The molecule has 7 nitrogen and oxygen atoms in total. The summed E-state index contributed by atoms with van der Waals surface area (Å²) in [6, 6.07) is 11.5. The lowest BCUT2D eigenvalue weighted by Crippen LogP contribution is -2.41. The van der Waals surface area contributed by atoms with Crippen LogP contribution in [0, 0.1) is 18.7 Å². The Morgan fingerprint density at radius 2 is 1.79 bits per heavy atom. The Morgan fingerprint density at radius 1 is 1.06 bits per heavy atom. The number of rotatable bonds is 5. The third-order valence-electron chi connectivity index (χ3n) is 6.36. The molecule has 2 fully saturated rings. The minimum atomic E-state index is -0.328. The molecule has 2 amide bonds. The van der Waals surface area contributed by atoms with E-state index in [2.05, 4.69) is 15.5 Å². The van der Waals surface area contributed by atoms with Crippen molar-refractivity contribution in [2.24, 2.45) is 5.92 Å². The summed E-state index contributed by atoms with van der Waals surface area (Å²) in [6.45, 7) is 2.78. The number of nitrogens with zero attached hydrogens (tertiary/aromatic N) is 3. The Labute approximate surface area is 191 Å². The molecule has 0 spiro atoms. The highest BCUT2D eigenvalue weighted by atomic mass is 19.1. The maximum atomic E-state index is 13.3. The minimum absolute atomic E-state index is 0.0541.